The van der Waals surface area contributed by atoms with Crippen LogP contribution in [0.3, 0.4) is 0 Å². The molecule has 5 aromatic rings. The molecule has 28 heteroatoms. The lowest BCUT2D eigenvalue weighted by molar-refractivity contribution is -0.277. The highest BCUT2D eigenvalue weighted by Crippen LogP contribution is 2.48. The molecule has 0 aromatic heterocycles. The van der Waals surface area contributed by atoms with Crippen molar-refractivity contribution >= 4 is 80.1 Å². The molecule has 0 saturated carbocycles. The van der Waals surface area contributed by atoms with E-state index in [0.717, 1.165) is 21.9 Å². The lowest BCUT2D eigenvalue weighted by atomic mass is 9.95. The van der Waals surface area contributed by atoms with Gasteiger partial charge < -0.3 is 112 Å². The van der Waals surface area contributed by atoms with E-state index in [0.29, 0.717) is 125 Å². The molecule has 5 aromatic carbocycles. The van der Waals surface area contributed by atoms with Crippen LogP contribution >= 0.6 is 23.2 Å². The smallest absolute Gasteiger partial charge is 0.251 e. The summed E-state index contributed by atoms with van der Waals surface area (Å²) in [5, 5.41) is 86.2. The van der Waals surface area contributed by atoms with E-state index in [9.17, 15) is 50.4 Å². The molecule has 2 amide bonds. The second-order valence-electron chi connectivity index (χ2n) is 22.4. The Morgan fingerprint density at radius 3 is 1.26 bits per heavy atom. The first kappa shape index (κ1) is 72.5. The molecular weight excluding hydrogens is 1270 g/mol. The van der Waals surface area contributed by atoms with Crippen LogP contribution in [0.4, 0.5) is 11.4 Å². The van der Waals surface area contributed by atoms with E-state index in [1.165, 1.54) is 12.2 Å². The van der Waals surface area contributed by atoms with Crippen LogP contribution in [0.15, 0.2) is 91.0 Å². The maximum Gasteiger partial charge on any atom is 0.251 e. The molecule has 4 aliphatic rings. The molecule has 0 aliphatic carbocycles. The van der Waals surface area contributed by atoms with Gasteiger partial charge in [-0.25, -0.2) is 5.90 Å². The lowest BCUT2D eigenvalue weighted by Gasteiger charge is -2.39. The fourth-order valence-corrected chi connectivity index (χ4v) is 11.9. The molecule has 10 N–H and O–H groups in total. The van der Waals surface area contributed by atoms with Gasteiger partial charge in [0.1, 0.15) is 72.7 Å². The van der Waals surface area contributed by atoms with Crippen molar-refractivity contribution in [2.75, 3.05) is 154 Å². The summed E-state index contributed by atoms with van der Waals surface area (Å²) in [6.45, 7) is 4.72. The van der Waals surface area contributed by atoms with E-state index in [4.69, 9.17) is 85.9 Å². The van der Waals surface area contributed by atoms with Gasteiger partial charge in [0.15, 0.2) is 0 Å². The van der Waals surface area contributed by atoms with Gasteiger partial charge in [0, 0.05) is 77.3 Å². The number of alkyl halides is 2. The maximum atomic E-state index is 14.5. The zero-order chi connectivity index (χ0) is 66.5. The number of benzene rings is 5. The summed E-state index contributed by atoms with van der Waals surface area (Å²) in [6, 6.07) is 23.1. The highest BCUT2D eigenvalue weighted by molar-refractivity contribution is 6.20. The summed E-state index contributed by atoms with van der Waals surface area (Å²) >= 11 is 13.2. The molecule has 94 heavy (non-hydrogen) atoms. The third kappa shape index (κ3) is 18.3. The van der Waals surface area contributed by atoms with Crippen LogP contribution in [0.25, 0.3) is 33.7 Å². The van der Waals surface area contributed by atoms with Crippen LogP contribution in [-0.2, 0) is 57.1 Å². The minimum absolute atomic E-state index is 0.0811. The number of nitrogens with zero attached hydrogens (tertiary/aromatic N) is 2. The molecule has 514 valence electrons. The number of hydrogen-bond acceptors (Lipinski definition) is 24. The molecule has 0 unspecified atom stereocenters. The summed E-state index contributed by atoms with van der Waals surface area (Å²) in [7, 11) is 0. The van der Waals surface area contributed by atoms with Crippen molar-refractivity contribution in [2.24, 2.45) is 5.90 Å². The number of fused-ring (bicyclic) bond motifs is 6. The first-order valence-corrected chi connectivity index (χ1v) is 32.2. The average molecular weight is 1360 g/mol. The van der Waals surface area contributed by atoms with Crippen LogP contribution in [0, 0.1) is 0 Å². The number of carbonyl (C=O) groups is 2. The van der Waals surface area contributed by atoms with Crippen LogP contribution in [-0.4, -0.2) is 258 Å². The number of anilines is 2. The minimum Gasteiger partial charge on any atom is -0.491 e. The lowest BCUT2D eigenvalue weighted by Crippen LogP contribution is -2.60. The molecule has 12 atom stereocenters. The molecule has 2 saturated heterocycles. The Kier molecular flexibility index (Phi) is 28.2. The zero-order valence-electron chi connectivity index (χ0n) is 51.7. The summed E-state index contributed by atoms with van der Waals surface area (Å²) in [5.41, 5.74) is 3.62. The third-order valence-corrected chi connectivity index (χ3v) is 17.0. The van der Waals surface area contributed by atoms with Gasteiger partial charge in [0.05, 0.1) is 124 Å². The largest absolute Gasteiger partial charge is 0.491 e. The second kappa shape index (κ2) is 36.6. The van der Waals surface area contributed by atoms with Crippen molar-refractivity contribution in [1.29, 1.82) is 0 Å². The number of amides is 2. The van der Waals surface area contributed by atoms with Gasteiger partial charge in [-0.2, -0.15) is 0 Å². The first-order chi connectivity index (χ1) is 45.8. The number of halogens is 2. The van der Waals surface area contributed by atoms with Gasteiger partial charge in [0.25, 0.3) is 11.8 Å². The van der Waals surface area contributed by atoms with Crippen molar-refractivity contribution in [3.63, 3.8) is 0 Å². The fraction of sp³-hybridized carbons (Fsp3) is 0.515. The standard InChI is InChI=1S/C66H83Cl2N3O23/c67-34-42-36-70(48-32-51(44-5-1-3-7-46(44)57(42)48)91-65-63(80)61(78)59(76)53(38-72)93-65)55(74)13-10-40-9-11-41(50(31-40)89-29-27-87-25-23-85-21-19-83-17-15-82-16-18-84-20-22-86-24-26-88-28-30-90-69)12-14-56(75)71-37-43(35-68)58-47-8-4-2-6-45(47)52(33-49(58)71)92-66-64(81)62(79)60(77)54(39-73)94-66/h1-14,31-33,42-43,53-54,59-66,72-73,76-81H,15-30,34-39,69H2/b13-10+,14-12+/t42-,43-,53-,54-,59+,60+,61+,62+,63-,64-,65-,66-/m1/s1. The van der Waals surface area contributed by atoms with Crippen LogP contribution in [0.2, 0.25) is 0 Å². The summed E-state index contributed by atoms with van der Waals surface area (Å²) in [4.78, 5) is 36.5. The Balaban J connectivity index is 0.856. The van der Waals surface area contributed by atoms with Crippen molar-refractivity contribution < 1.29 is 112 Å². The number of aliphatic hydroxyl groups is 8. The van der Waals surface area contributed by atoms with E-state index in [-0.39, 0.29) is 68.0 Å². The number of carbonyl (C=O) groups excluding carboxylic acids is 2. The number of ether oxygens (including phenoxy) is 12. The van der Waals surface area contributed by atoms with Crippen molar-refractivity contribution in [2.45, 2.75) is 73.2 Å². The van der Waals surface area contributed by atoms with Crippen molar-refractivity contribution in [3.05, 3.63) is 113 Å². The normalized spacial score (nSPS) is 24.5. The first-order valence-electron chi connectivity index (χ1n) is 31.1. The van der Waals surface area contributed by atoms with E-state index < -0.39 is 86.4 Å². The molecule has 26 nitrogen and oxygen atoms in total. The van der Waals surface area contributed by atoms with E-state index >= 15 is 0 Å². The average Bonchev–Trinajstić information content (AvgIpc) is 1.54. The topological polar surface area (TPSA) is 348 Å². The highest BCUT2D eigenvalue weighted by atomic mass is 35.5. The molecule has 2 fully saturated rings. The van der Waals surface area contributed by atoms with Crippen molar-refractivity contribution in [3.8, 4) is 17.2 Å². The van der Waals surface area contributed by atoms with Crippen molar-refractivity contribution in [1.82, 2.24) is 0 Å². The van der Waals surface area contributed by atoms with Gasteiger partial charge in [-0.1, -0.05) is 60.7 Å². The summed E-state index contributed by atoms with van der Waals surface area (Å²) in [5.74, 6) is 4.64. The molecular formula is C66H83Cl2N3O23. The maximum absolute atomic E-state index is 14.5. The molecule has 0 bridgehead atoms. The minimum atomic E-state index is -1.69. The van der Waals surface area contributed by atoms with E-state index in [1.54, 1.807) is 76.5 Å². The van der Waals surface area contributed by atoms with Gasteiger partial charge in [0.2, 0.25) is 12.6 Å². The van der Waals surface area contributed by atoms with Crippen LogP contribution < -0.4 is 29.9 Å². The SMILES string of the molecule is NOCCOCCOCCOCCOCCOCCOCCOCCOc1cc(/C=C/C(=O)N2C[C@@H](CCl)c3c2cc(O[C@@H]2O[C@H](CO)[C@H](O)[C@H](O)[C@H]2O)c2ccccc32)ccc1/C=C/C(=O)N1C[C@@H](CCl)c2c1cc(O[C@@H]1O[C@H](CO)[C@H](O)[C@H](O)[C@H]1O)c1ccccc21. The monoisotopic (exact) mass is 1360 g/mol. The Labute approximate surface area is 553 Å². The third-order valence-electron chi connectivity index (χ3n) is 16.3. The zero-order valence-corrected chi connectivity index (χ0v) is 53.2. The molecule has 9 rings (SSSR count). The fourth-order valence-electron chi connectivity index (χ4n) is 11.4. The quantitative estimate of drug-likeness (QED) is 0.0119. The highest BCUT2D eigenvalue weighted by Gasteiger charge is 2.47. The van der Waals surface area contributed by atoms with Crippen LogP contribution in [0.1, 0.15) is 34.1 Å². The summed E-state index contributed by atoms with van der Waals surface area (Å²) in [6.07, 6.45) is -9.33. The Hall–Kier alpha value is -5.74. The molecule has 4 heterocycles. The van der Waals surface area contributed by atoms with E-state index in [2.05, 4.69) is 4.84 Å². The molecule has 4 aliphatic heterocycles. The van der Waals surface area contributed by atoms with Gasteiger partial charge in [-0.3, -0.25) is 9.59 Å². The van der Waals surface area contributed by atoms with Crippen LogP contribution in [0.5, 0.6) is 17.2 Å². The number of rotatable bonds is 37. The Bertz CT molecular complexity index is 3290. The Morgan fingerprint density at radius 1 is 0.479 bits per heavy atom. The summed E-state index contributed by atoms with van der Waals surface area (Å²) < 4.78 is 69.0. The Morgan fingerprint density at radius 2 is 0.862 bits per heavy atom. The number of nitrogens with two attached hydrogens (primary N) is 1. The number of aliphatic hydroxyl groups excluding tert-OH is 8. The van der Waals surface area contributed by atoms with Gasteiger partial charge in [-0.05, 0) is 45.7 Å². The van der Waals surface area contributed by atoms with Gasteiger partial charge in [-0.15, -0.1) is 23.2 Å². The molecule has 0 spiro atoms. The predicted octanol–water partition coefficient (Wildman–Crippen LogP) is 2.50. The molecule has 0 radical (unpaired) electrons. The second-order valence-corrected chi connectivity index (χ2v) is 23.0. The predicted molar refractivity (Wildman–Crippen MR) is 344 cm³/mol. The number of hydrogen-bond donors (Lipinski definition) is 9. The van der Waals surface area contributed by atoms with E-state index in [1.807, 2.05) is 24.3 Å². The van der Waals surface area contributed by atoms with Gasteiger partial charge >= 0.3 is 0 Å².